The summed E-state index contributed by atoms with van der Waals surface area (Å²) in [5.74, 6) is -3.46. The highest BCUT2D eigenvalue weighted by Gasteiger charge is 2.35. The highest BCUT2D eigenvalue weighted by Crippen LogP contribution is 2.33. The van der Waals surface area contributed by atoms with Crippen LogP contribution in [0.4, 0.5) is 22.0 Å². The third kappa shape index (κ3) is 6.00. The molecule has 0 radical (unpaired) electrons. The molecule has 0 saturated carbocycles. The summed E-state index contributed by atoms with van der Waals surface area (Å²) in [6.45, 7) is 1.85. The molecule has 0 N–H and O–H groups in total. The molecule has 29 heavy (non-hydrogen) atoms. The van der Waals surface area contributed by atoms with Crippen LogP contribution in [0.5, 0.6) is 5.75 Å². The van der Waals surface area contributed by atoms with Crippen LogP contribution in [0, 0.1) is 23.5 Å². The summed E-state index contributed by atoms with van der Waals surface area (Å²) in [6.07, 6.45) is -4.17. The second-order valence-corrected chi connectivity index (χ2v) is 7.17. The number of ether oxygens (including phenoxy) is 5. The second-order valence-electron chi connectivity index (χ2n) is 7.17. The Balaban J connectivity index is 1.54. The molecule has 2 heterocycles. The van der Waals surface area contributed by atoms with Gasteiger partial charge >= 0.3 is 6.18 Å². The van der Waals surface area contributed by atoms with Crippen molar-refractivity contribution in [1.82, 2.24) is 0 Å². The van der Waals surface area contributed by atoms with Crippen LogP contribution < -0.4 is 4.74 Å². The van der Waals surface area contributed by atoms with E-state index in [0.29, 0.717) is 19.1 Å². The molecule has 0 amide bonds. The van der Waals surface area contributed by atoms with Crippen molar-refractivity contribution in [2.45, 2.75) is 38.5 Å². The zero-order chi connectivity index (χ0) is 21.0. The number of alkyl halides is 3. The lowest BCUT2D eigenvalue weighted by molar-refractivity contribution is -0.283. The van der Waals surface area contributed by atoms with E-state index in [-0.39, 0.29) is 24.7 Å². The maximum absolute atomic E-state index is 14.0. The van der Waals surface area contributed by atoms with Crippen LogP contribution in [-0.4, -0.2) is 45.5 Å². The Labute approximate surface area is 165 Å². The molecule has 0 aliphatic carbocycles. The maximum Gasteiger partial charge on any atom is 0.422 e. The van der Waals surface area contributed by atoms with E-state index in [1.54, 1.807) is 0 Å². The molecule has 0 unspecified atom stereocenters. The zero-order valence-electron chi connectivity index (χ0n) is 15.8. The fourth-order valence-electron chi connectivity index (χ4n) is 3.28. The third-order valence-corrected chi connectivity index (χ3v) is 4.67. The van der Waals surface area contributed by atoms with Gasteiger partial charge in [-0.2, -0.15) is 13.2 Å². The van der Waals surface area contributed by atoms with Gasteiger partial charge in [-0.15, -0.1) is 0 Å². The van der Waals surface area contributed by atoms with Crippen molar-refractivity contribution >= 4 is 0 Å². The molecule has 0 bridgehead atoms. The van der Waals surface area contributed by atoms with Gasteiger partial charge in [0.05, 0.1) is 32.3 Å². The first-order valence-electron chi connectivity index (χ1n) is 9.41. The molecule has 5 nitrogen and oxygen atoms in total. The Morgan fingerprint density at radius 1 is 0.966 bits per heavy atom. The first-order valence-corrected chi connectivity index (χ1v) is 9.41. The first-order chi connectivity index (χ1) is 13.8. The Morgan fingerprint density at radius 2 is 1.55 bits per heavy atom. The van der Waals surface area contributed by atoms with Crippen LogP contribution in [0.2, 0.25) is 0 Å². The summed E-state index contributed by atoms with van der Waals surface area (Å²) in [7, 11) is 0. The van der Waals surface area contributed by atoms with Gasteiger partial charge in [-0.25, -0.2) is 8.78 Å². The molecule has 10 heteroatoms. The lowest BCUT2D eigenvalue weighted by atomic mass is 10.0. The number of rotatable bonds is 6. The van der Waals surface area contributed by atoms with Crippen LogP contribution in [0.25, 0.3) is 0 Å². The normalized spacial score (nSPS) is 28.3. The largest absolute Gasteiger partial charge is 0.478 e. The maximum atomic E-state index is 14.0. The standard InChI is InChI=1S/C19H23F5O5/c1-2-3-11-6-25-18(26-7-11)13-8-27-17(28-9-13)12-4-14(20)16(15(21)5-12)29-10-19(22,23)24/h4-5,11,13,17-18H,2-3,6-10H2,1H3/t11-,13-,17-,18-. The van der Waals surface area contributed by atoms with Crippen LogP contribution in [0.1, 0.15) is 31.6 Å². The highest BCUT2D eigenvalue weighted by molar-refractivity contribution is 5.32. The topological polar surface area (TPSA) is 46.2 Å². The highest BCUT2D eigenvalue weighted by atomic mass is 19.4. The molecule has 1 aromatic rings. The Kier molecular flexibility index (Phi) is 7.31. The van der Waals surface area contributed by atoms with E-state index in [2.05, 4.69) is 11.7 Å². The van der Waals surface area contributed by atoms with Gasteiger partial charge in [-0.1, -0.05) is 13.3 Å². The molecular formula is C19H23F5O5. The molecule has 0 aromatic heterocycles. The third-order valence-electron chi connectivity index (χ3n) is 4.67. The fraction of sp³-hybridized carbons (Fsp3) is 0.684. The van der Waals surface area contributed by atoms with Crippen molar-refractivity contribution in [2.24, 2.45) is 11.8 Å². The molecular weight excluding hydrogens is 403 g/mol. The molecule has 3 rings (SSSR count). The fourth-order valence-corrected chi connectivity index (χ4v) is 3.28. The van der Waals surface area contributed by atoms with E-state index < -0.39 is 42.7 Å². The summed E-state index contributed by atoms with van der Waals surface area (Å²) in [6, 6.07) is 1.67. The van der Waals surface area contributed by atoms with Gasteiger partial charge in [-0.05, 0) is 18.6 Å². The van der Waals surface area contributed by atoms with E-state index in [9.17, 15) is 22.0 Å². The Morgan fingerprint density at radius 3 is 2.07 bits per heavy atom. The summed E-state index contributed by atoms with van der Waals surface area (Å²) in [5, 5.41) is 0. The minimum Gasteiger partial charge on any atom is -0.478 e. The quantitative estimate of drug-likeness (QED) is 0.633. The first kappa shape index (κ1) is 22.2. The molecule has 2 aliphatic heterocycles. The summed E-state index contributed by atoms with van der Waals surface area (Å²) in [5.41, 5.74) is 0.00583. The van der Waals surface area contributed by atoms with Crippen LogP contribution in [-0.2, 0) is 18.9 Å². The molecule has 164 valence electrons. The van der Waals surface area contributed by atoms with Crippen molar-refractivity contribution in [1.29, 1.82) is 0 Å². The lowest BCUT2D eigenvalue weighted by Crippen LogP contribution is -2.43. The van der Waals surface area contributed by atoms with Gasteiger partial charge in [0.25, 0.3) is 0 Å². The summed E-state index contributed by atoms with van der Waals surface area (Å²) >= 11 is 0. The summed E-state index contributed by atoms with van der Waals surface area (Å²) < 4.78 is 91.3. The molecule has 2 fully saturated rings. The average Bonchev–Trinajstić information content (AvgIpc) is 2.67. The van der Waals surface area contributed by atoms with Crippen molar-refractivity contribution in [3.05, 3.63) is 29.3 Å². The van der Waals surface area contributed by atoms with Gasteiger partial charge in [0.2, 0.25) is 0 Å². The molecule has 2 aliphatic rings. The SMILES string of the molecule is CCC[C@H]1CO[C@H]([C@H]2CO[C@H](c3cc(F)c(OCC(F)(F)F)c(F)c3)OC2)OC1. The van der Waals surface area contributed by atoms with Gasteiger partial charge in [0, 0.05) is 11.5 Å². The second kappa shape index (κ2) is 9.55. The predicted molar refractivity (Wildman–Crippen MR) is 90.1 cm³/mol. The number of benzene rings is 1. The number of hydrogen-bond acceptors (Lipinski definition) is 5. The molecule has 0 atom stereocenters. The Bertz CT molecular complexity index is 644. The minimum absolute atomic E-state index is 0.00583. The van der Waals surface area contributed by atoms with Crippen LogP contribution >= 0.6 is 0 Å². The van der Waals surface area contributed by atoms with Crippen LogP contribution in [0.3, 0.4) is 0 Å². The molecule has 0 spiro atoms. The van der Waals surface area contributed by atoms with E-state index >= 15 is 0 Å². The van der Waals surface area contributed by atoms with E-state index in [4.69, 9.17) is 18.9 Å². The van der Waals surface area contributed by atoms with E-state index in [0.717, 1.165) is 25.0 Å². The van der Waals surface area contributed by atoms with Crippen molar-refractivity contribution in [2.75, 3.05) is 33.0 Å². The number of halogens is 5. The van der Waals surface area contributed by atoms with Crippen molar-refractivity contribution in [3.63, 3.8) is 0 Å². The summed E-state index contributed by atoms with van der Waals surface area (Å²) in [4.78, 5) is 0. The van der Waals surface area contributed by atoms with Gasteiger partial charge < -0.3 is 23.7 Å². The van der Waals surface area contributed by atoms with Crippen molar-refractivity contribution in [3.8, 4) is 5.75 Å². The van der Waals surface area contributed by atoms with Gasteiger partial charge in [0.1, 0.15) is 0 Å². The van der Waals surface area contributed by atoms with E-state index in [1.807, 2.05) is 0 Å². The molecule has 2 saturated heterocycles. The monoisotopic (exact) mass is 426 g/mol. The van der Waals surface area contributed by atoms with Crippen LogP contribution in [0.15, 0.2) is 12.1 Å². The Hall–Kier alpha value is -1.49. The minimum atomic E-state index is -4.71. The molecule has 1 aromatic carbocycles. The number of hydrogen-bond donors (Lipinski definition) is 0. The van der Waals surface area contributed by atoms with Crippen molar-refractivity contribution < 1.29 is 45.6 Å². The predicted octanol–water partition coefficient (Wildman–Crippen LogP) is 4.36. The smallest absolute Gasteiger partial charge is 0.422 e. The lowest BCUT2D eigenvalue weighted by Gasteiger charge is -2.37. The zero-order valence-corrected chi connectivity index (χ0v) is 15.8. The van der Waals surface area contributed by atoms with E-state index in [1.165, 1.54) is 0 Å². The average molecular weight is 426 g/mol. The van der Waals surface area contributed by atoms with Gasteiger partial charge in [0.15, 0.2) is 36.6 Å². The van der Waals surface area contributed by atoms with Gasteiger partial charge in [-0.3, -0.25) is 0 Å².